The van der Waals surface area contributed by atoms with Crippen LogP contribution in [-0.2, 0) is 11.0 Å². The molecule has 8 heteroatoms. The van der Waals surface area contributed by atoms with Crippen LogP contribution in [-0.4, -0.2) is 18.2 Å². The van der Waals surface area contributed by atoms with Crippen LogP contribution in [0.5, 0.6) is 0 Å². The van der Waals surface area contributed by atoms with Crippen molar-refractivity contribution in [2.75, 3.05) is 17.6 Å². The highest BCUT2D eigenvalue weighted by molar-refractivity contribution is 7.99. The SMILES string of the molecule is O=C(CNc1cccc(C(F)(F)F)c1)NC1CCSc2ccc(F)cc21. The van der Waals surface area contributed by atoms with Gasteiger partial charge in [-0.1, -0.05) is 6.07 Å². The van der Waals surface area contributed by atoms with E-state index < -0.39 is 11.7 Å². The third kappa shape index (κ3) is 4.49. The predicted octanol–water partition coefficient (Wildman–Crippen LogP) is 4.61. The maximum Gasteiger partial charge on any atom is 0.416 e. The number of carbonyl (C=O) groups is 1. The summed E-state index contributed by atoms with van der Waals surface area (Å²) in [4.78, 5) is 13.1. The Balaban J connectivity index is 1.62. The Morgan fingerprint density at radius 3 is 2.77 bits per heavy atom. The van der Waals surface area contributed by atoms with Crippen LogP contribution in [0.25, 0.3) is 0 Å². The summed E-state index contributed by atoms with van der Waals surface area (Å²) in [6.07, 6.45) is -3.77. The van der Waals surface area contributed by atoms with E-state index >= 15 is 0 Å². The van der Waals surface area contributed by atoms with Gasteiger partial charge in [0.25, 0.3) is 0 Å². The first-order chi connectivity index (χ1) is 12.3. The smallest absolute Gasteiger partial charge is 0.376 e. The summed E-state index contributed by atoms with van der Waals surface area (Å²) < 4.78 is 51.6. The van der Waals surface area contributed by atoms with Crippen molar-refractivity contribution in [2.24, 2.45) is 0 Å². The summed E-state index contributed by atoms with van der Waals surface area (Å²) in [5, 5.41) is 5.50. The minimum atomic E-state index is -4.44. The number of hydrogen-bond acceptors (Lipinski definition) is 3. The lowest BCUT2D eigenvalue weighted by Gasteiger charge is -2.26. The van der Waals surface area contributed by atoms with Crippen molar-refractivity contribution in [1.29, 1.82) is 0 Å². The van der Waals surface area contributed by atoms with Gasteiger partial charge in [-0.3, -0.25) is 4.79 Å². The molecule has 0 saturated heterocycles. The molecule has 1 aliphatic rings. The first-order valence-electron chi connectivity index (χ1n) is 7.95. The monoisotopic (exact) mass is 384 g/mol. The van der Waals surface area contributed by atoms with Gasteiger partial charge in [-0.25, -0.2) is 4.39 Å². The lowest BCUT2D eigenvalue weighted by Crippen LogP contribution is -2.34. The van der Waals surface area contributed by atoms with Crippen molar-refractivity contribution in [3.8, 4) is 0 Å². The van der Waals surface area contributed by atoms with Crippen molar-refractivity contribution in [3.63, 3.8) is 0 Å². The number of amides is 1. The molecule has 26 heavy (non-hydrogen) atoms. The first-order valence-corrected chi connectivity index (χ1v) is 8.94. The molecule has 0 fully saturated rings. The maximum atomic E-state index is 13.5. The summed E-state index contributed by atoms with van der Waals surface area (Å²) in [5.41, 5.74) is 0.158. The number of benzene rings is 2. The van der Waals surface area contributed by atoms with E-state index in [1.807, 2.05) is 0 Å². The molecule has 0 bridgehead atoms. The molecule has 3 rings (SSSR count). The molecular weight excluding hydrogens is 368 g/mol. The standard InChI is InChI=1S/C18H16F4N2OS/c19-12-4-5-16-14(9-12)15(6-7-26-16)24-17(25)10-23-13-3-1-2-11(8-13)18(20,21)22/h1-5,8-9,15,23H,6-7,10H2,(H,24,25). The largest absolute Gasteiger partial charge is 0.416 e. The van der Waals surface area contributed by atoms with Gasteiger partial charge in [-0.2, -0.15) is 13.2 Å². The van der Waals surface area contributed by atoms with E-state index in [4.69, 9.17) is 0 Å². The highest BCUT2D eigenvalue weighted by Crippen LogP contribution is 2.36. The molecule has 138 valence electrons. The highest BCUT2D eigenvalue weighted by Gasteiger charge is 2.30. The number of rotatable bonds is 4. The molecule has 0 aromatic heterocycles. The lowest BCUT2D eigenvalue weighted by molar-refractivity contribution is -0.137. The molecule has 1 amide bonds. The summed E-state index contributed by atoms with van der Waals surface area (Å²) >= 11 is 1.60. The van der Waals surface area contributed by atoms with E-state index in [1.54, 1.807) is 17.8 Å². The third-order valence-electron chi connectivity index (χ3n) is 3.99. The zero-order valence-electron chi connectivity index (χ0n) is 13.6. The van der Waals surface area contributed by atoms with Gasteiger partial charge in [-0.15, -0.1) is 11.8 Å². The Labute approximate surface area is 152 Å². The molecule has 1 atom stereocenters. The van der Waals surface area contributed by atoms with Gasteiger partial charge in [0.1, 0.15) is 5.82 Å². The number of halogens is 4. The highest BCUT2D eigenvalue weighted by atomic mass is 32.2. The molecule has 2 aromatic rings. The fourth-order valence-electron chi connectivity index (χ4n) is 2.75. The van der Waals surface area contributed by atoms with Gasteiger partial charge < -0.3 is 10.6 Å². The van der Waals surface area contributed by atoms with Crippen molar-refractivity contribution in [1.82, 2.24) is 5.32 Å². The maximum absolute atomic E-state index is 13.5. The molecule has 2 N–H and O–H groups in total. The van der Waals surface area contributed by atoms with Gasteiger partial charge in [-0.05, 0) is 48.4 Å². The molecule has 1 unspecified atom stereocenters. The first kappa shape index (κ1) is 18.6. The summed E-state index contributed by atoms with van der Waals surface area (Å²) in [6.45, 7) is -0.171. The van der Waals surface area contributed by atoms with Crippen molar-refractivity contribution < 1.29 is 22.4 Å². The topological polar surface area (TPSA) is 41.1 Å². The molecule has 3 nitrogen and oxygen atoms in total. The zero-order chi connectivity index (χ0) is 18.7. The number of alkyl halides is 3. The van der Waals surface area contributed by atoms with Crippen molar-refractivity contribution >= 4 is 23.4 Å². The van der Waals surface area contributed by atoms with Gasteiger partial charge in [0.05, 0.1) is 18.2 Å². The molecule has 0 spiro atoms. The fourth-order valence-corrected chi connectivity index (χ4v) is 3.85. The van der Waals surface area contributed by atoms with Crippen molar-refractivity contribution in [3.05, 3.63) is 59.4 Å². The molecule has 0 saturated carbocycles. The summed E-state index contributed by atoms with van der Waals surface area (Å²) in [7, 11) is 0. The molecule has 0 aliphatic carbocycles. The van der Waals surface area contributed by atoms with Crippen LogP contribution in [0.15, 0.2) is 47.4 Å². The van der Waals surface area contributed by atoms with Gasteiger partial charge >= 0.3 is 6.18 Å². The average Bonchev–Trinajstić information content (AvgIpc) is 2.60. The second-order valence-corrected chi connectivity index (χ2v) is 7.01. The Bertz CT molecular complexity index is 810. The molecule has 0 radical (unpaired) electrons. The average molecular weight is 384 g/mol. The van der Waals surface area contributed by atoms with E-state index in [1.165, 1.54) is 24.3 Å². The Morgan fingerprint density at radius 2 is 2.00 bits per heavy atom. The van der Waals surface area contributed by atoms with E-state index in [-0.39, 0.29) is 30.0 Å². The predicted molar refractivity (Wildman–Crippen MR) is 92.6 cm³/mol. The Hall–Kier alpha value is -2.22. The van der Waals surface area contributed by atoms with E-state index in [9.17, 15) is 22.4 Å². The van der Waals surface area contributed by atoms with Crippen LogP contribution in [0, 0.1) is 5.82 Å². The summed E-state index contributed by atoms with van der Waals surface area (Å²) in [5.74, 6) is 0.0621. The van der Waals surface area contributed by atoms with E-state index in [2.05, 4.69) is 10.6 Å². The summed E-state index contributed by atoms with van der Waals surface area (Å²) in [6, 6.07) is 8.83. The minimum Gasteiger partial charge on any atom is -0.376 e. The van der Waals surface area contributed by atoms with Crippen LogP contribution in [0.3, 0.4) is 0 Å². The lowest BCUT2D eigenvalue weighted by atomic mass is 10.0. The third-order valence-corrected chi connectivity index (χ3v) is 5.11. The van der Waals surface area contributed by atoms with Crippen LogP contribution in [0.2, 0.25) is 0 Å². The van der Waals surface area contributed by atoms with Crippen LogP contribution < -0.4 is 10.6 Å². The number of thioether (sulfide) groups is 1. The minimum absolute atomic E-state index is 0.171. The zero-order valence-corrected chi connectivity index (χ0v) is 14.4. The Kier molecular flexibility index (Phi) is 5.41. The van der Waals surface area contributed by atoms with E-state index in [0.29, 0.717) is 6.42 Å². The van der Waals surface area contributed by atoms with Crippen molar-refractivity contribution in [2.45, 2.75) is 23.5 Å². The number of hydrogen-bond donors (Lipinski definition) is 2. The quantitative estimate of drug-likeness (QED) is 0.757. The molecule has 1 heterocycles. The second-order valence-electron chi connectivity index (χ2n) is 5.87. The second kappa shape index (κ2) is 7.57. The van der Waals surface area contributed by atoms with Gasteiger partial charge in [0.15, 0.2) is 0 Å². The number of nitrogens with one attached hydrogen (secondary N) is 2. The number of fused-ring (bicyclic) bond motifs is 1. The number of anilines is 1. The number of carbonyl (C=O) groups excluding carboxylic acids is 1. The molecule has 2 aromatic carbocycles. The van der Waals surface area contributed by atoms with Crippen LogP contribution in [0.4, 0.5) is 23.2 Å². The normalized spacial score (nSPS) is 16.7. The van der Waals surface area contributed by atoms with E-state index in [0.717, 1.165) is 28.3 Å². The van der Waals surface area contributed by atoms with Crippen LogP contribution in [0.1, 0.15) is 23.6 Å². The van der Waals surface area contributed by atoms with Gasteiger partial charge in [0.2, 0.25) is 5.91 Å². The Morgan fingerprint density at radius 1 is 1.19 bits per heavy atom. The molecular formula is C18H16F4N2OS. The van der Waals surface area contributed by atoms with Crippen LogP contribution >= 0.6 is 11.8 Å². The fraction of sp³-hybridized carbons (Fsp3) is 0.278. The molecule has 1 aliphatic heterocycles. The van der Waals surface area contributed by atoms with Gasteiger partial charge in [0, 0.05) is 16.3 Å².